The zero-order valence-corrected chi connectivity index (χ0v) is 7.79. The molecule has 56 valence electrons. The van der Waals surface area contributed by atoms with E-state index in [9.17, 15) is 0 Å². The second kappa shape index (κ2) is 3.31. The standard InChI is InChI=1S/C5H9IN4/c1-10-5(6)4(2-8-7)3-9-10/h3,8H,2,7H2,1H3. The van der Waals surface area contributed by atoms with Crippen molar-refractivity contribution in [1.82, 2.24) is 15.2 Å². The minimum atomic E-state index is 0.673. The molecule has 0 aromatic carbocycles. The fourth-order valence-electron chi connectivity index (χ4n) is 0.697. The minimum absolute atomic E-state index is 0.673. The van der Waals surface area contributed by atoms with E-state index in [1.54, 1.807) is 0 Å². The maximum absolute atomic E-state index is 5.15. The Morgan fingerprint density at radius 1 is 1.90 bits per heavy atom. The number of hydrogen-bond acceptors (Lipinski definition) is 3. The summed E-state index contributed by atoms with van der Waals surface area (Å²) in [6.07, 6.45) is 1.81. The molecule has 0 spiro atoms. The van der Waals surface area contributed by atoms with Crippen LogP contribution in [-0.2, 0) is 13.6 Å². The number of nitrogens with one attached hydrogen (secondary N) is 1. The SMILES string of the molecule is Cn1ncc(CNN)c1I. The third-order valence-electron chi connectivity index (χ3n) is 1.23. The van der Waals surface area contributed by atoms with Crippen molar-refractivity contribution < 1.29 is 0 Å². The number of rotatable bonds is 2. The van der Waals surface area contributed by atoms with Gasteiger partial charge >= 0.3 is 0 Å². The van der Waals surface area contributed by atoms with Crippen LogP contribution in [0.5, 0.6) is 0 Å². The normalized spacial score (nSPS) is 10.3. The van der Waals surface area contributed by atoms with Crippen LogP contribution in [0.1, 0.15) is 5.56 Å². The van der Waals surface area contributed by atoms with Gasteiger partial charge in [0.15, 0.2) is 0 Å². The minimum Gasteiger partial charge on any atom is -0.271 e. The van der Waals surface area contributed by atoms with Crippen molar-refractivity contribution in [3.8, 4) is 0 Å². The van der Waals surface area contributed by atoms with Crippen LogP contribution in [0.2, 0.25) is 0 Å². The summed E-state index contributed by atoms with van der Waals surface area (Å²) in [5.74, 6) is 5.15. The van der Waals surface area contributed by atoms with Gasteiger partial charge in [0.25, 0.3) is 0 Å². The van der Waals surface area contributed by atoms with Crippen LogP contribution in [0.15, 0.2) is 6.20 Å². The lowest BCUT2D eigenvalue weighted by atomic mass is 10.4. The lowest BCUT2D eigenvalue weighted by Gasteiger charge is -1.95. The predicted molar refractivity (Wildman–Crippen MR) is 47.0 cm³/mol. The van der Waals surface area contributed by atoms with Gasteiger partial charge in [-0.2, -0.15) is 5.10 Å². The smallest absolute Gasteiger partial charge is 0.103 e. The first-order valence-corrected chi connectivity index (χ1v) is 3.93. The quantitative estimate of drug-likeness (QED) is 0.442. The van der Waals surface area contributed by atoms with Crippen LogP contribution >= 0.6 is 22.6 Å². The van der Waals surface area contributed by atoms with Crippen LogP contribution in [0.25, 0.3) is 0 Å². The zero-order chi connectivity index (χ0) is 7.56. The summed E-state index contributed by atoms with van der Waals surface area (Å²) in [4.78, 5) is 0. The van der Waals surface area contributed by atoms with E-state index in [1.165, 1.54) is 0 Å². The third-order valence-corrected chi connectivity index (χ3v) is 2.62. The molecule has 10 heavy (non-hydrogen) atoms. The number of hydrogen-bond donors (Lipinski definition) is 2. The Kier molecular flexibility index (Phi) is 2.64. The summed E-state index contributed by atoms with van der Waals surface area (Å²) in [6.45, 7) is 0.673. The zero-order valence-electron chi connectivity index (χ0n) is 5.63. The monoisotopic (exact) mass is 252 g/mol. The highest BCUT2D eigenvalue weighted by molar-refractivity contribution is 14.1. The molecular formula is C5H9IN4. The van der Waals surface area contributed by atoms with E-state index in [2.05, 4.69) is 33.1 Å². The highest BCUT2D eigenvalue weighted by atomic mass is 127. The first-order valence-electron chi connectivity index (χ1n) is 2.85. The van der Waals surface area contributed by atoms with E-state index in [0.717, 1.165) is 9.26 Å². The molecule has 0 aliphatic carbocycles. The van der Waals surface area contributed by atoms with Crippen LogP contribution in [0.3, 0.4) is 0 Å². The largest absolute Gasteiger partial charge is 0.271 e. The molecule has 0 unspecified atom stereocenters. The molecule has 0 saturated heterocycles. The molecule has 0 aliphatic heterocycles. The van der Waals surface area contributed by atoms with Crippen LogP contribution in [-0.4, -0.2) is 9.78 Å². The van der Waals surface area contributed by atoms with Gasteiger partial charge in [0, 0.05) is 19.2 Å². The molecule has 3 N–H and O–H groups in total. The van der Waals surface area contributed by atoms with E-state index in [1.807, 2.05) is 17.9 Å². The van der Waals surface area contributed by atoms with E-state index in [4.69, 9.17) is 5.84 Å². The summed E-state index contributed by atoms with van der Waals surface area (Å²) in [6, 6.07) is 0. The average molecular weight is 252 g/mol. The summed E-state index contributed by atoms with van der Waals surface area (Å²) >= 11 is 2.23. The Hall–Kier alpha value is -0.140. The van der Waals surface area contributed by atoms with Gasteiger partial charge in [-0.05, 0) is 22.6 Å². The van der Waals surface area contributed by atoms with Crippen molar-refractivity contribution in [3.63, 3.8) is 0 Å². The molecule has 1 heterocycles. The van der Waals surface area contributed by atoms with Crippen LogP contribution in [0, 0.1) is 3.70 Å². The first kappa shape index (κ1) is 7.96. The number of aryl methyl sites for hydroxylation is 1. The van der Waals surface area contributed by atoms with Gasteiger partial charge in [0.1, 0.15) is 3.70 Å². The molecule has 5 heteroatoms. The summed E-state index contributed by atoms with van der Waals surface area (Å²) < 4.78 is 2.93. The van der Waals surface area contributed by atoms with E-state index >= 15 is 0 Å². The van der Waals surface area contributed by atoms with Crippen molar-refractivity contribution in [2.75, 3.05) is 0 Å². The number of nitrogens with two attached hydrogens (primary N) is 1. The number of nitrogens with zero attached hydrogens (tertiary/aromatic N) is 2. The number of halogens is 1. The molecule has 0 radical (unpaired) electrons. The Labute approximate surface area is 72.9 Å². The molecule has 1 aromatic rings. The summed E-state index contributed by atoms with van der Waals surface area (Å²) in [7, 11) is 1.90. The molecule has 0 amide bonds. The van der Waals surface area contributed by atoms with Gasteiger partial charge in [-0.3, -0.25) is 16.0 Å². The van der Waals surface area contributed by atoms with Crippen molar-refractivity contribution >= 4 is 22.6 Å². The van der Waals surface area contributed by atoms with Crippen molar-refractivity contribution in [3.05, 3.63) is 15.5 Å². The first-order chi connectivity index (χ1) is 4.75. The molecule has 0 atom stereocenters. The number of aromatic nitrogens is 2. The van der Waals surface area contributed by atoms with Crippen LogP contribution in [0.4, 0.5) is 0 Å². The van der Waals surface area contributed by atoms with Crippen molar-refractivity contribution in [1.29, 1.82) is 0 Å². The van der Waals surface area contributed by atoms with Gasteiger partial charge in [-0.15, -0.1) is 0 Å². The average Bonchev–Trinajstić information content (AvgIpc) is 2.20. The lowest BCUT2D eigenvalue weighted by Crippen LogP contribution is -2.21. The molecule has 0 saturated carbocycles. The van der Waals surface area contributed by atoms with Crippen molar-refractivity contribution in [2.24, 2.45) is 12.9 Å². The Morgan fingerprint density at radius 3 is 3.00 bits per heavy atom. The molecule has 0 aliphatic rings. The number of hydrazine groups is 1. The van der Waals surface area contributed by atoms with Crippen LogP contribution < -0.4 is 11.3 Å². The van der Waals surface area contributed by atoms with Gasteiger partial charge in [0.2, 0.25) is 0 Å². The van der Waals surface area contributed by atoms with E-state index in [0.29, 0.717) is 6.54 Å². The second-order valence-corrected chi connectivity index (χ2v) is 2.99. The van der Waals surface area contributed by atoms with Gasteiger partial charge < -0.3 is 0 Å². The Morgan fingerprint density at radius 2 is 2.60 bits per heavy atom. The summed E-state index contributed by atoms with van der Waals surface area (Å²) in [5, 5.41) is 4.05. The molecule has 4 nitrogen and oxygen atoms in total. The predicted octanol–water partition coefficient (Wildman–Crippen LogP) is -0.0120. The molecule has 0 bridgehead atoms. The maximum atomic E-state index is 5.15. The summed E-state index contributed by atoms with van der Waals surface area (Å²) in [5.41, 5.74) is 3.71. The maximum Gasteiger partial charge on any atom is 0.103 e. The second-order valence-electron chi connectivity index (χ2n) is 1.97. The fraction of sp³-hybridized carbons (Fsp3) is 0.400. The molecule has 1 aromatic heterocycles. The lowest BCUT2D eigenvalue weighted by molar-refractivity contribution is 0.723. The third kappa shape index (κ3) is 1.47. The Balaban J connectivity index is 2.83. The van der Waals surface area contributed by atoms with Gasteiger partial charge in [-0.25, -0.2) is 0 Å². The fourth-order valence-corrected chi connectivity index (χ4v) is 1.15. The van der Waals surface area contributed by atoms with Crippen molar-refractivity contribution in [2.45, 2.75) is 6.54 Å². The highest BCUT2D eigenvalue weighted by Gasteiger charge is 2.02. The molecular weight excluding hydrogens is 243 g/mol. The van der Waals surface area contributed by atoms with Gasteiger partial charge in [-0.1, -0.05) is 0 Å². The highest BCUT2D eigenvalue weighted by Crippen LogP contribution is 2.08. The topological polar surface area (TPSA) is 55.9 Å². The Bertz CT molecular complexity index is 219. The molecule has 1 rings (SSSR count). The van der Waals surface area contributed by atoms with E-state index < -0.39 is 0 Å². The van der Waals surface area contributed by atoms with Gasteiger partial charge in [0.05, 0.1) is 6.20 Å². The van der Waals surface area contributed by atoms with E-state index in [-0.39, 0.29) is 0 Å². The molecule has 0 fully saturated rings.